The molecule has 0 fully saturated rings. The maximum Gasteiger partial charge on any atom is 0.242 e. The molecule has 0 saturated carbocycles. The van der Waals surface area contributed by atoms with Crippen LogP contribution in [0.5, 0.6) is 0 Å². The predicted molar refractivity (Wildman–Crippen MR) is 77.9 cm³/mol. The van der Waals surface area contributed by atoms with Gasteiger partial charge in [-0.1, -0.05) is 20.8 Å². The molecule has 1 heterocycles. The Morgan fingerprint density at radius 1 is 1.58 bits per heavy atom. The topological polar surface area (TPSA) is 59.0 Å². The van der Waals surface area contributed by atoms with Crippen molar-refractivity contribution in [2.75, 3.05) is 20.3 Å². The summed E-state index contributed by atoms with van der Waals surface area (Å²) in [5.74, 6) is -0.0572. The summed E-state index contributed by atoms with van der Waals surface area (Å²) in [6, 6.07) is -0.343. The number of nitrogens with zero attached hydrogens (tertiary/aromatic N) is 1. The van der Waals surface area contributed by atoms with Crippen LogP contribution in [-0.4, -0.2) is 35.7 Å². The van der Waals surface area contributed by atoms with Gasteiger partial charge in [-0.25, -0.2) is 0 Å². The molecule has 1 aromatic rings. The third-order valence-corrected chi connectivity index (χ3v) is 3.27. The summed E-state index contributed by atoms with van der Waals surface area (Å²) in [4.78, 5) is 15.1. The Morgan fingerprint density at radius 3 is 2.74 bits per heavy atom. The normalized spacial score (nSPS) is 13.3. The van der Waals surface area contributed by atoms with Gasteiger partial charge >= 0.3 is 0 Å². The lowest BCUT2D eigenvalue weighted by atomic mass is 9.92. The van der Waals surface area contributed by atoms with Gasteiger partial charge < -0.3 is 19.6 Å². The minimum Gasteiger partial charge on any atom is -0.383 e. The number of ether oxygens (including phenoxy) is 1. The molecule has 19 heavy (non-hydrogen) atoms. The van der Waals surface area contributed by atoms with E-state index in [1.165, 1.54) is 0 Å². The first-order valence-electron chi connectivity index (χ1n) is 6.36. The monoisotopic (exact) mass is 285 g/mol. The second kappa shape index (κ2) is 6.34. The third-order valence-electron chi connectivity index (χ3n) is 2.95. The zero-order valence-corrected chi connectivity index (χ0v) is 13.1. The number of methoxy groups -OCH3 is 1. The van der Waals surface area contributed by atoms with Gasteiger partial charge in [0.1, 0.15) is 6.04 Å². The van der Waals surface area contributed by atoms with Gasteiger partial charge in [0.2, 0.25) is 5.91 Å². The maximum atomic E-state index is 12.1. The van der Waals surface area contributed by atoms with Gasteiger partial charge in [0.05, 0.1) is 6.61 Å². The van der Waals surface area contributed by atoms with Crippen LogP contribution in [0.2, 0.25) is 0 Å². The minimum absolute atomic E-state index is 0.0572. The van der Waals surface area contributed by atoms with E-state index in [-0.39, 0.29) is 17.4 Å². The van der Waals surface area contributed by atoms with Crippen LogP contribution in [-0.2, 0) is 14.9 Å². The first-order chi connectivity index (χ1) is 8.79. The van der Waals surface area contributed by atoms with Crippen molar-refractivity contribution in [1.82, 2.24) is 14.9 Å². The lowest BCUT2D eigenvalue weighted by Gasteiger charge is -2.24. The van der Waals surface area contributed by atoms with E-state index < -0.39 is 0 Å². The number of rotatable bonds is 5. The lowest BCUT2D eigenvalue weighted by Crippen LogP contribution is -2.35. The van der Waals surface area contributed by atoms with Crippen LogP contribution < -0.4 is 5.32 Å². The number of hydrogen-bond acceptors (Lipinski definition) is 3. The van der Waals surface area contributed by atoms with E-state index in [2.05, 4.69) is 31.1 Å². The number of amides is 1. The van der Waals surface area contributed by atoms with Crippen molar-refractivity contribution in [3.63, 3.8) is 0 Å². The molecule has 0 aliphatic heterocycles. The first kappa shape index (κ1) is 15.9. The molecule has 108 valence electrons. The zero-order valence-electron chi connectivity index (χ0n) is 12.2. The van der Waals surface area contributed by atoms with E-state index in [0.717, 1.165) is 5.69 Å². The van der Waals surface area contributed by atoms with Gasteiger partial charge in [0, 0.05) is 31.0 Å². The summed E-state index contributed by atoms with van der Waals surface area (Å²) in [5, 5.41) is 2.83. The van der Waals surface area contributed by atoms with Crippen molar-refractivity contribution < 1.29 is 9.53 Å². The number of H-pyrrole nitrogens is 1. The van der Waals surface area contributed by atoms with E-state index in [9.17, 15) is 4.79 Å². The average molecular weight is 285 g/mol. The Morgan fingerprint density at radius 2 is 2.21 bits per heavy atom. The van der Waals surface area contributed by atoms with Crippen LogP contribution in [0.15, 0.2) is 6.20 Å². The van der Waals surface area contributed by atoms with Crippen LogP contribution in [0.3, 0.4) is 0 Å². The smallest absolute Gasteiger partial charge is 0.242 e. The van der Waals surface area contributed by atoms with Crippen LogP contribution in [0.4, 0.5) is 0 Å². The molecule has 1 unspecified atom stereocenters. The second-order valence-electron chi connectivity index (χ2n) is 5.56. The lowest BCUT2D eigenvalue weighted by molar-refractivity contribution is -0.124. The largest absolute Gasteiger partial charge is 0.383 e. The SMILES string of the molecule is COCCNC(=O)C(C)n1c(C(C)(C)C)c[nH]c1=S. The number of hydrogen-bond donors (Lipinski definition) is 2. The van der Waals surface area contributed by atoms with E-state index in [4.69, 9.17) is 17.0 Å². The zero-order chi connectivity index (χ0) is 14.6. The van der Waals surface area contributed by atoms with E-state index >= 15 is 0 Å². The number of carbonyl (C=O) groups excluding carboxylic acids is 1. The Bertz CT molecular complexity index is 485. The van der Waals surface area contributed by atoms with Gasteiger partial charge in [-0.05, 0) is 19.1 Å². The molecule has 0 radical (unpaired) electrons. The van der Waals surface area contributed by atoms with E-state index in [1.807, 2.05) is 17.7 Å². The van der Waals surface area contributed by atoms with Crippen LogP contribution >= 0.6 is 12.2 Å². The van der Waals surface area contributed by atoms with Crippen molar-refractivity contribution >= 4 is 18.1 Å². The first-order valence-corrected chi connectivity index (χ1v) is 6.77. The third kappa shape index (κ3) is 3.91. The quantitative estimate of drug-likeness (QED) is 0.644. The van der Waals surface area contributed by atoms with Crippen LogP contribution in [0.25, 0.3) is 0 Å². The van der Waals surface area contributed by atoms with Crippen molar-refractivity contribution in [2.45, 2.75) is 39.2 Å². The summed E-state index contributed by atoms with van der Waals surface area (Å²) in [6.07, 6.45) is 1.88. The molecule has 5 nitrogen and oxygen atoms in total. The summed E-state index contributed by atoms with van der Waals surface area (Å²) < 4.78 is 7.36. The van der Waals surface area contributed by atoms with Crippen molar-refractivity contribution in [1.29, 1.82) is 0 Å². The van der Waals surface area contributed by atoms with Gasteiger partial charge in [-0.15, -0.1) is 0 Å². The van der Waals surface area contributed by atoms with Gasteiger partial charge in [-0.3, -0.25) is 4.79 Å². The van der Waals surface area contributed by atoms with Gasteiger partial charge in [-0.2, -0.15) is 0 Å². The molecular formula is C13H23N3O2S. The summed E-state index contributed by atoms with van der Waals surface area (Å²) >= 11 is 5.28. The number of carbonyl (C=O) groups is 1. The molecular weight excluding hydrogens is 262 g/mol. The molecule has 1 atom stereocenters. The molecule has 0 saturated heterocycles. The highest BCUT2D eigenvalue weighted by Crippen LogP contribution is 2.25. The molecule has 1 amide bonds. The number of aromatic nitrogens is 2. The Kier molecular flexibility index (Phi) is 5.31. The van der Waals surface area contributed by atoms with Gasteiger partial charge in [0.15, 0.2) is 4.77 Å². The average Bonchev–Trinajstić information content (AvgIpc) is 2.70. The van der Waals surface area contributed by atoms with Crippen LogP contribution in [0, 0.1) is 4.77 Å². The molecule has 0 aliphatic rings. The van der Waals surface area contributed by atoms with E-state index in [1.54, 1.807) is 7.11 Å². The highest BCUT2D eigenvalue weighted by molar-refractivity contribution is 7.71. The number of nitrogens with one attached hydrogen (secondary N) is 2. The Hall–Kier alpha value is -1.14. The fourth-order valence-electron chi connectivity index (χ4n) is 1.88. The fourth-order valence-corrected chi connectivity index (χ4v) is 2.20. The van der Waals surface area contributed by atoms with Gasteiger partial charge in [0.25, 0.3) is 0 Å². The summed E-state index contributed by atoms with van der Waals surface area (Å²) in [7, 11) is 1.61. The molecule has 2 N–H and O–H groups in total. The molecule has 1 rings (SSSR count). The highest BCUT2D eigenvalue weighted by atomic mass is 32.1. The van der Waals surface area contributed by atoms with Crippen molar-refractivity contribution in [3.05, 3.63) is 16.7 Å². The van der Waals surface area contributed by atoms with Crippen molar-refractivity contribution in [3.8, 4) is 0 Å². The summed E-state index contributed by atoms with van der Waals surface area (Å²) in [6.45, 7) is 9.14. The van der Waals surface area contributed by atoms with E-state index in [0.29, 0.717) is 17.9 Å². The number of imidazole rings is 1. The molecule has 6 heteroatoms. The fraction of sp³-hybridized carbons (Fsp3) is 0.692. The summed E-state index contributed by atoms with van der Waals surface area (Å²) in [5.41, 5.74) is 0.945. The van der Waals surface area contributed by atoms with Crippen molar-refractivity contribution in [2.24, 2.45) is 0 Å². The predicted octanol–water partition coefficient (Wildman–Crippen LogP) is 2.17. The molecule has 1 aromatic heterocycles. The second-order valence-corrected chi connectivity index (χ2v) is 5.95. The Balaban J connectivity index is 2.93. The number of aromatic amines is 1. The molecule has 0 aromatic carbocycles. The highest BCUT2D eigenvalue weighted by Gasteiger charge is 2.25. The molecule has 0 bridgehead atoms. The van der Waals surface area contributed by atoms with Crippen LogP contribution in [0.1, 0.15) is 39.4 Å². The molecule has 0 spiro atoms. The molecule has 0 aliphatic carbocycles. The Labute approximate surface area is 119 Å². The standard InChI is InChI=1S/C13H23N3O2S/c1-9(11(17)14-6-7-18-5)16-10(13(2,3)4)8-15-12(16)19/h8-9H,6-7H2,1-5H3,(H,14,17)(H,15,19). The maximum absolute atomic E-state index is 12.1. The minimum atomic E-state index is -0.343.